The van der Waals surface area contributed by atoms with E-state index >= 15 is 0 Å². The van der Waals surface area contributed by atoms with E-state index in [1.54, 1.807) is 7.11 Å². The smallest absolute Gasteiger partial charge is 0.142 e. The molecule has 1 heterocycles. The lowest BCUT2D eigenvalue weighted by atomic mass is 10.1. The van der Waals surface area contributed by atoms with Crippen LogP contribution in [0.15, 0.2) is 48.5 Å². The fourth-order valence-corrected chi connectivity index (χ4v) is 3.01. The first-order chi connectivity index (χ1) is 11.3. The Morgan fingerprint density at radius 2 is 1.61 bits per heavy atom. The van der Waals surface area contributed by atoms with Gasteiger partial charge in [-0.15, -0.1) is 0 Å². The van der Waals surface area contributed by atoms with E-state index in [-0.39, 0.29) is 0 Å². The minimum absolute atomic E-state index is 0.474. The summed E-state index contributed by atoms with van der Waals surface area (Å²) in [6, 6.07) is 18.7. The minimum Gasteiger partial charge on any atom is -0.495 e. The van der Waals surface area contributed by atoms with Crippen LogP contribution in [0.4, 0.5) is 11.4 Å². The summed E-state index contributed by atoms with van der Waals surface area (Å²) in [5, 5.41) is 8.74. The van der Waals surface area contributed by atoms with Gasteiger partial charge in [0, 0.05) is 31.9 Å². The fourth-order valence-electron chi connectivity index (χ4n) is 3.01. The molecule has 2 aromatic carbocycles. The Morgan fingerprint density at radius 1 is 0.957 bits per heavy atom. The SMILES string of the molecule is COc1ccccc1N1CCN(c2ccc(CC#N)cc2)CC1. The van der Waals surface area contributed by atoms with Crippen LogP contribution in [0.3, 0.4) is 0 Å². The van der Waals surface area contributed by atoms with Gasteiger partial charge in [0.1, 0.15) is 5.75 Å². The monoisotopic (exact) mass is 307 g/mol. The van der Waals surface area contributed by atoms with E-state index in [4.69, 9.17) is 10.00 Å². The number of rotatable bonds is 4. The predicted molar refractivity (Wildman–Crippen MR) is 93.2 cm³/mol. The van der Waals surface area contributed by atoms with Crippen molar-refractivity contribution in [3.63, 3.8) is 0 Å². The maximum Gasteiger partial charge on any atom is 0.142 e. The molecule has 1 aliphatic heterocycles. The molecule has 0 bridgehead atoms. The molecule has 4 heteroatoms. The van der Waals surface area contributed by atoms with Gasteiger partial charge in [-0.1, -0.05) is 24.3 Å². The van der Waals surface area contributed by atoms with Crippen molar-refractivity contribution in [2.75, 3.05) is 43.1 Å². The molecular weight excluding hydrogens is 286 g/mol. The van der Waals surface area contributed by atoms with E-state index in [0.29, 0.717) is 6.42 Å². The van der Waals surface area contributed by atoms with Gasteiger partial charge in [-0.2, -0.15) is 5.26 Å². The van der Waals surface area contributed by atoms with Crippen molar-refractivity contribution in [3.05, 3.63) is 54.1 Å². The molecule has 3 rings (SSSR count). The zero-order valence-electron chi connectivity index (χ0n) is 13.4. The highest BCUT2D eigenvalue weighted by Gasteiger charge is 2.19. The van der Waals surface area contributed by atoms with Gasteiger partial charge in [-0.3, -0.25) is 0 Å². The average Bonchev–Trinajstić information content (AvgIpc) is 2.63. The zero-order chi connectivity index (χ0) is 16.1. The molecule has 0 saturated carbocycles. The van der Waals surface area contributed by atoms with Crippen molar-refractivity contribution in [1.82, 2.24) is 0 Å². The largest absolute Gasteiger partial charge is 0.495 e. The molecule has 0 aliphatic carbocycles. The lowest BCUT2D eigenvalue weighted by Gasteiger charge is -2.37. The summed E-state index contributed by atoms with van der Waals surface area (Å²) in [7, 11) is 1.72. The Hall–Kier alpha value is -2.67. The molecule has 0 spiro atoms. The lowest BCUT2D eigenvalue weighted by molar-refractivity contribution is 0.413. The highest BCUT2D eigenvalue weighted by Crippen LogP contribution is 2.29. The first kappa shape index (κ1) is 15.2. The van der Waals surface area contributed by atoms with Crippen LogP contribution in [0.5, 0.6) is 5.75 Å². The second-order valence-electron chi connectivity index (χ2n) is 5.65. The van der Waals surface area contributed by atoms with Crippen LogP contribution in [0, 0.1) is 11.3 Å². The summed E-state index contributed by atoms with van der Waals surface area (Å²) >= 11 is 0. The summed E-state index contributed by atoms with van der Waals surface area (Å²) in [6.45, 7) is 3.91. The second kappa shape index (κ2) is 7.06. The Kier molecular flexibility index (Phi) is 4.68. The molecule has 4 nitrogen and oxygen atoms in total. The maximum absolute atomic E-state index is 8.74. The summed E-state index contributed by atoms with van der Waals surface area (Å²) < 4.78 is 5.46. The van der Waals surface area contributed by atoms with Crippen LogP contribution in [-0.2, 0) is 6.42 Å². The van der Waals surface area contributed by atoms with Crippen LogP contribution in [-0.4, -0.2) is 33.3 Å². The van der Waals surface area contributed by atoms with Gasteiger partial charge in [0.15, 0.2) is 0 Å². The van der Waals surface area contributed by atoms with Crippen LogP contribution in [0.25, 0.3) is 0 Å². The first-order valence-electron chi connectivity index (χ1n) is 7.90. The Balaban J connectivity index is 1.65. The third-order valence-electron chi connectivity index (χ3n) is 4.29. The van der Waals surface area contributed by atoms with Gasteiger partial charge in [0.25, 0.3) is 0 Å². The number of piperazine rings is 1. The van der Waals surface area contributed by atoms with Gasteiger partial charge in [0.05, 0.1) is 25.3 Å². The molecule has 0 N–H and O–H groups in total. The normalized spacial score (nSPS) is 14.4. The predicted octanol–water partition coefficient (Wildman–Crippen LogP) is 3.09. The van der Waals surface area contributed by atoms with Crippen molar-refractivity contribution in [2.24, 2.45) is 0 Å². The molecular formula is C19H21N3O. The molecule has 0 radical (unpaired) electrons. The number of para-hydroxylation sites is 2. The number of methoxy groups -OCH3 is 1. The van der Waals surface area contributed by atoms with Crippen molar-refractivity contribution < 1.29 is 4.74 Å². The minimum atomic E-state index is 0.474. The van der Waals surface area contributed by atoms with Crippen LogP contribution in [0.1, 0.15) is 5.56 Å². The number of hydrogen-bond donors (Lipinski definition) is 0. The van der Waals surface area contributed by atoms with E-state index in [0.717, 1.165) is 37.5 Å². The summed E-state index contributed by atoms with van der Waals surface area (Å²) in [6.07, 6.45) is 0.474. The topological polar surface area (TPSA) is 39.5 Å². The summed E-state index contributed by atoms with van der Waals surface area (Å²) in [5.74, 6) is 0.932. The van der Waals surface area contributed by atoms with Gasteiger partial charge in [-0.25, -0.2) is 0 Å². The standard InChI is InChI=1S/C19H21N3O/c1-23-19-5-3-2-4-18(19)22-14-12-21(13-15-22)17-8-6-16(7-9-17)10-11-20/h2-9H,10,12-15H2,1H3. The molecule has 0 unspecified atom stereocenters. The Morgan fingerprint density at radius 3 is 2.26 bits per heavy atom. The molecule has 0 aromatic heterocycles. The molecule has 0 atom stereocenters. The third-order valence-corrected chi connectivity index (χ3v) is 4.29. The fraction of sp³-hybridized carbons (Fsp3) is 0.316. The number of nitrogens with zero attached hydrogens (tertiary/aromatic N) is 3. The molecule has 1 saturated heterocycles. The summed E-state index contributed by atoms with van der Waals surface area (Å²) in [5.41, 5.74) is 3.47. The van der Waals surface area contributed by atoms with E-state index in [9.17, 15) is 0 Å². The van der Waals surface area contributed by atoms with Crippen molar-refractivity contribution in [3.8, 4) is 11.8 Å². The number of benzene rings is 2. The zero-order valence-corrected chi connectivity index (χ0v) is 13.4. The van der Waals surface area contributed by atoms with Crippen molar-refractivity contribution >= 4 is 11.4 Å². The quantitative estimate of drug-likeness (QED) is 0.870. The van der Waals surface area contributed by atoms with Gasteiger partial charge < -0.3 is 14.5 Å². The highest BCUT2D eigenvalue weighted by molar-refractivity contribution is 5.60. The van der Waals surface area contributed by atoms with Crippen LogP contribution >= 0.6 is 0 Å². The van der Waals surface area contributed by atoms with Crippen molar-refractivity contribution in [2.45, 2.75) is 6.42 Å². The molecule has 1 aliphatic rings. The van der Waals surface area contributed by atoms with E-state index in [1.807, 2.05) is 24.3 Å². The van der Waals surface area contributed by atoms with Gasteiger partial charge in [0.2, 0.25) is 0 Å². The molecule has 118 valence electrons. The summed E-state index contributed by atoms with van der Waals surface area (Å²) in [4.78, 5) is 4.77. The molecule has 2 aromatic rings. The number of nitriles is 1. The van der Waals surface area contributed by atoms with E-state index in [2.05, 4.69) is 40.1 Å². The molecule has 1 fully saturated rings. The van der Waals surface area contributed by atoms with Gasteiger partial charge in [-0.05, 0) is 29.8 Å². The number of anilines is 2. The Labute approximate surface area is 137 Å². The maximum atomic E-state index is 8.74. The van der Waals surface area contributed by atoms with E-state index in [1.165, 1.54) is 11.4 Å². The number of hydrogen-bond acceptors (Lipinski definition) is 4. The second-order valence-corrected chi connectivity index (χ2v) is 5.65. The Bertz CT molecular complexity index is 683. The first-order valence-corrected chi connectivity index (χ1v) is 7.90. The van der Waals surface area contributed by atoms with Crippen LogP contribution in [0.2, 0.25) is 0 Å². The highest BCUT2D eigenvalue weighted by atomic mass is 16.5. The number of ether oxygens (including phenoxy) is 1. The van der Waals surface area contributed by atoms with Gasteiger partial charge >= 0.3 is 0 Å². The molecule has 23 heavy (non-hydrogen) atoms. The van der Waals surface area contributed by atoms with Crippen molar-refractivity contribution in [1.29, 1.82) is 5.26 Å². The third kappa shape index (κ3) is 3.40. The van der Waals surface area contributed by atoms with Crippen LogP contribution < -0.4 is 14.5 Å². The molecule has 0 amide bonds. The lowest BCUT2D eigenvalue weighted by Crippen LogP contribution is -2.46. The van der Waals surface area contributed by atoms with E-state index < -0.39 is 0 Å². The average molecular weight is 307 g/mol.